The van der Waals surface area contributed by atoms with E-state index in [0.717, 1.165) is 32.4 Å². The standard InChI is InChI=1S/C12H21NO3S/c14-12(13-7-3-1-2-4-8-13)11-6-5-9-17(15,16)10-11/h11H,1-10H2. The first kappa shape index (κ1) is 12.9. The fourth-order valence-corrected chi connectivity index (χ4v) is 4.46. The summed E-state index contributed by atoms with van der Waals surface area (Å²) in [6.07, 6.45) is 5.89. The molecule has 17 heavy (non-hydrogen) atoms. The predicted molar refractivity (Wildman–Crippen MR) is 66.4 cm³/mol. The summed E-state index contributed by atoms with van der Waals surface area (Å²) in [5.74, 6) is 0.140. The number of carbonyl (C=O) groups excluding carboxylic acids is 1. The Balaban J connectivity index is 1.98. The van der Waals surface area contributed by atoms with Crippen LogP contribution in [0.1, 0.15) is 38.5 Å². The van der Waals surface area contributed by atoms with Gasteiger partial charge in [0.25, 0.3) is 0 Å². The van der Waals surface area contributed by atoms with Crippen LogP contribution in [0.15, 0.2) is 0 Å². The number of hydrogen-bond acceptors (Lipinski definition) is 3. The number of hydrogen-bond donors (Lipinski definition) is 0. The van der Waals surface area contributed by atoms with Gasteiger partial charge in [0.15, 0.2) is 9.84 Å². The lowest BCUT2D eigenvalue weighted by Crippen LogP contribution is -2.41. The first-order valence-corrected chi connectivity index (χ1v) is 8.40. The van der Waals surface area contributed by atoms with Crippen LogP contribution in [-0.4, -0.2) is 43.8 Å². The maximum atomic E-state index is 12.3. The Labute approximate surface area is 103 Å². The lowest BCUT2D eigenvalue weighted by atomic mass is 10.0. The van der Waals surface area contributed by atoms with Gasteiger partial charge in [0.1, 0.15) is 0 Å². The van der Waals surface area contributed by atoms with Crippen molar-refractivity contribution in [2.24, 2.45) is 5.92 Å². The molecule has 1 atom stereocenters. The van der Waals surface area contributed by atoms with Crippen molar-refractivity contribution in [2.45, 2.75) is 38.5 Å². The molecule has 0 saturated carbocycles. The van der Waals surface area contributed by atoms with Gasteiger partial charge in [-0.15, -0.1) is 0 Å². The largest absolute Gasteiger partial charge is 0.342 e. The molecular weight excluding hydrogens is 238 g/mol. The van der Waals surface area contributed by atoms with Crippen LogP contribution in [0.4, 0.5) is 0 Å². The first-order chi connectivity index (χ1) is 8.08. The summed E-state index contributed by atoms with van der Waals surface area (Å²) in [6.45, 7) is 1.63. The monoisotopic (exact) mass is 259 g/mol. The van der Waals surface area contributed by atoms with Crippen LogP contribution < -0.4 is 0 Å². The fourth-order valence-electron chi connectivity index (χ4n) is 2.77. The molecule has 2 aliphatic rings. The molecule has 4 nitrogen and oxygen atoms in total. The van der Waals surface area contributed by atoms with E-state index in [4.69, 9.17) is 0 Å². The Morgan fingerprint density at radius 2 is 1.65 bits per heavy atom. The van der Waals surface area contributed by atoms with Crippen molar-refractivity contribution in [1.29, 1.82) is 0 Å². The van der Waals surface area contributed by atoms with Gasteiger partial charge in [-0.25, -0.2) is 8.42 Å². The highest BCUT2D eigenvalue weighted by Crippen LogP contribution is 2.22. The maximum Gasteiger partial charge on any atom is 0.226 e. The highest BCUT2D eigenvalue weighted by molar-refractivity contribution is 7.91. The normalized spacial score (nSPS) is 29.6. The molecule has 0 bridgehead atoms. The van der Waals surface area contributed by atoms with Gasteiger partial charge in [0.05, 0.1) is 17.4 Å². The lowest BCUT2D eigenvalue weighted by Gasteiger charge is -2.28. The third-order valence-electron chi connectivity index (χ3n) is 3.73. The molecule has 0 aromatic rings. The third kappa shape index (κ3) is 3.44. The number of amides is 1. The fraction of sp³-hybridized carbons (Fsp3) is 0.917. The molecule has 2 saturated heterocycles. The van der Waals surface area contributed by atoms with E-state index < -0.39 is 9.84 Å². The summed E-state index contributed by atoms with van der Waals surface area (Å²) in [7, 11) is -2.97. The van der Waals surface area contributed by atoms with E-state index in [2.05, 4.69) is 0 Å². The summed E-state index contributed by atoms with van der Waals surface area (Å²) >= 11 is 0. The summed E-state index contributed by atoms with van der Waals surface area (Å²) in [4.78, 5) is 14.1. The van der Waals surface area contributed by atoms with Gasteiger partial charge in [-0.05, 0) is 25.7 Å². The highest BCUT2D eigenvalue weighted by atomic mass is 32.2. The van der Waals surface area contributed by atoms with E-state index in [9.17, 15) is 13.2 Å². The topological polar surface area (TPSA) is 54.5 Å². The van der Waals surface area contributed by atoms with Gasteiger partial charge >= 0.3 is 0 Å². The zero-order valence-electron chi connectivity index (χ0n) is 10.2. The van der Waals surface area contributed by atoms with Gasteiger partial charge < -0.3 is 4.90 Å². The van der Waals surface area contributed by atoms with Crippen LogP contribution in [0.3, 0.4) is 0 Å². The second kappa shape index (κ2) is 5.38. The van der Waals surface area contributed by atoms with Crippen molar-refractivity contribution in [1.82, 2.24) is 4.90 Å². The number of nitrogens with zero attached hydrogens (tertiary/aromatic N) is 1. The van der Waals surface area contributed by atoms with Gasteiger partial charge in [0.2, 0.25) is 5.91 Å². The number of sulfone groups is 1. The Hall–Kier alpha value is -0.580. The van der Waals surface area contributed by atoms with Crippen LogP contribution in [0.25, 0.3) is 0 Å². The zero-order valence-corrected chi connectivity index (χ0v) is 11.0. The van der Waals surface area contributed by atoms with Crippen LogP contribution >= 0.6 is 0 Å². The molecule has 0 aromatic carbocycles. The van der Waals surface area contributed by atoms with Crippen LogP contribution in [-0.2, 0) is 14.6 Å². The van der Waals surface area contributed by atoms with E-state index in [0.29, 0.717) is 6.42 Å². The molecule has 0 aromatic heterocycles. The van der Waals surface area contributed by atoms with E-state index in [1.807, 2.05) is 4.90 Å². The first-order valence-electron chi connectivity index (χ1n) is 6.58. The van der Waals surface area contributed by atoms with Gasteiger partial charge in [0, 0.05) is 13.1 Å². The molecule has 1 unspecified atom stereocenters. The highest BCUT2D eigenvalue weighted by Gasteiger charge is 2.32. The minimum Gasteiger partial charge on any atom is -0.342 e. The molecule has 5 heteroatoms. The van der Waals surface area contributed by atoms with Crippen molar-refractivity contribution in [3.05, 3.63) is 0 Å². The molecule has 2 rings (SSSR count). The Kier molecular flexibility index (Phi) is 4.07. The molecule has 2 fully saturated rings. The minimum atomic E-state index is -2.97. The summed E-state index contributed by atoms with van der Waals surface area (Å²) in [5.41, 5.74) is 0. The van der Waals surface area contributed by atoms with E-state index in [1.165, 1.54) is 12.8 Å². The quantitative estimate of drug-likeness (QED) is 0.711. The Morgan fingerprint density at radius 3 is 2.24 bits per heavy atom. The molecule has 0 N–H and O–H groups in total. The van der Waals surface area contributed by atoms with Crippen LogP contribution in [0.5, 0.6) is 0 Å². The third-order valence-corrected chi connectivity index (χ3v) is 5.55. The van der Waals surface area contributed by atoms with E-state index in [1.54, 1.807) is 0 Å². The maximum absolute atomic E-state index is 12.3. The lowest BCUT2D eigenvalue weighted by molar-refractivity contribution is -0.135. The van der Waals surface area contributed by atoms with Crippen LogP contribution in [0.2, 0.25) is 0 Å². The molecule has 0 radical (unpaired) electrons. The van der Waals surface area contributed by atoms with E-state index >= 15 is 0 Å². The predicted octanol–water partition coefficient (Wildman–Crippen LogP) is 1.21. The van der Waals surface area contributed by atoms with Crippen molar-refractivity contribution < 1.29 is 13.2 Å². The van der Waals surface area contributed by atoms with Crippen molar-refractivity contribution in [3.8, 4) is 0 Å². The van der Waals surface area contributed by atoms with Crippen molar-refractivity contribution >= 4 is 15.7 Å². The van der Waals surface area contributed by atoms with Gasteiger partial charge in [-0.2, -0.15) is 0 Å². The molecule has 1 amide bonds. The molecule has 0 spiro atoms. The molecule has 2 aliphatic heterocycles. The van der Waals surface area contributed by atoms with Gasteiger partial charge in [-0.1, -0.05) is 12.8 Å². The average Bonchev–Trinajstić information content (AvgIpc) is 2.55. The second-order valence-electron chi connectivity index (χ2n) is 5.19. The van der Waals surface area contributed by atoms with Crippen molar-refractivity contribution in [3.63, 3.8) is 0 Å². The number of carbonyl (C=O) groups is 1. The van der Waals surface area contributed by atoms with Crippen LogP contribution in [0, 0.1) is 5.92 Å². The summed E-state index contributed by atoms with van der Waals surface area (Å²) < 4.78 is 23.1. The molecule has 98 valence electrons. The summed E-state index contributed by atoms with van der Waals surface area (Å²) in [6, 6.07) is 0. The SMILES string of the molecule is O=C(C1CCCS(=O)(=O)C1)N1CCCCCC1. The molecular formula is C12H21NO3S. The Bertz CT molecular complexity index is 369. The number of rotatable bonds is 1. The van der Waals surface area contributed by atoms with E-state index in [-0.39, 0.29) is 23.3 Å². The molecule has 2 heterocycles. The summed E-state index contributed by atoms with van der Waals surface area (Å²) in [5, 5.41) is 0. The number of likely N-dealkylation sites (tertiary alicyclic amines) is 1. The van der Waals surface area contributed by atoms with Gasteiger partial charge in [-0.3, -0.25) is 4.79 Å². The zero-order chi connectivity index (χ0) is 12.3. The molecule has 0 aliphatic carbocycles. The Morgan fingerprint density at radius 1 is 1.00 bits per heavy atom. The van der Waals surface area contributed by atoms with Crippen molar-refractivity contribution in [2.75, 3.05) is 24.6 Å². The smallest absolute Gasteiger partial charge is 0.226 e. The minimum absolute atomic E-state index is 0.0718. The average molecular weight is 259 g/mol. The second-order valence-corrected chi connectivity index (χ2v) is 7.42.